The molecular weight excluding hydrogens is 402 g/mol. The molecule has 0 saturated carbocycles. The molecule has 29 heavy (non-hydrogen) atoms. The number of thioether (sulfide) groups is 1. The van der Waals surface area contributed by atoms with E-state index < -0.39 is 10.0 Å². The first-order valence-corrected chi connectivity index (χ1v) is 12.0. The smallest absolute Gasteiger partial charge is 0.244 e. The third-order valence-electron chi connectivity index (χ3n) is 4.84. The zero-order valence-electron chi connectivity index (χ0n) is 16.2. The van der Waals surface area contributed by atoms with Gasteiger partial charge in [-0.2, -0.15) is 4.31 Å². The standard InChI is InChI=1S/C23H23NO3S2/c1-18-7-5-12-22(15-18)29(25,26)24-13-14-28-23(24)20-10-6-11-21(16-20)27-17-19-8-3-2-4-9-19/h2-12,15-16,23H,13-14,17H2,1H3/t23-/m1/s1. The first-order chi connectivity index (χ1) is 14.0. The van der Waals surface area contributed by atoms with Gasteiger partial charge in [0.25, 0.3) is 0 Å². The van der Waals surface area contributed by atoms with Gasteiger partial charge < -0.3 is 4.74 Å². The quantitative estimate of drug-likeness (QED) is 0.557. The van der Waals surface area contributed by atoms with Crippen LogP contribution in [0.25, 0.3) is 0 Å². The van der Waals surface area contributed by atoms with Crippen LogP contribution in [-0.2, 0) is 16.6 Å². The zero-order valence-corrected chi connectivity index (χ0v) is 17.8. The number of benzene rings is 3. The molecule has 0 spiro atoms. The highest BCUT2D eigenvalue weighted by Gasteiger charge is 2.37. The average Bonchev–Trinajstić information content (AvgIpc) is 3.24. The molecule has 0 amide bonds. The maximum atomic E-state index is 13.2. The van der Waals surface area contributed by atoms with E-state index in [4.69, 9.17) is 4.74 Å². The van der Waals surface area contributed by atoms with Crippen molar-refractivity contribution in [1.29, 1.82) is 0 Å². The second-order valence-corrected chi connectivity index (χ2v) is 10.1. The van der Waals surface area contributed by atoms with Crippen LogP contribution in [-0.4, -0.2) is 25.0 Å². The Morgan fingerprint density at radius 1 is 1.00 bits per heavy atom. The minimum atomic E-state index is -3.55. The fourth-order valence-electron chi connectivity index (χ4n) is 3.37. The second kappa shape index (κ2) is 8.61. The van der Waals surface area contributed by atoms with Crippen LogP contribution in [0.2, 0.25) is 0 Å². The van der Waals surface area contributed by atoms with Crippen molar-refractivity contribution in [3.05, 3.63) is 95.6 Å². The van der Waals surface area contributed by atoms with Gasteiger partial charge in [0, 0.05) is 12.3 Å². The predicted molar refractivity (Wildman–Crippen MR) is 117 cm³/mol. The minimum absolute atomic E-state index is 0.249. The van der Waals surface area contributed by atoms with E-state index in [1.165, 1.54) is 0 Å². The van der Waals surface area contributed by atoms with Gasteiger partial charge in [0.15, 0.2) is 0 Å². The normalized spacial score (nSPS) is 17.3. The topological polar surface area (TPSA) is 46.6 Å². The highest BCUT2D eigenvalue weighted by atomic mass is 32.2. The maximum absolute atomic E-state index is 13.2. The molecule has 3 aromatic carbocycles. The van der Waals surface area contributed by atoms with Gasteiger partial charge in [-0.05, 0) is 47.9 Å². The highest BCUT2D eigenvalue weighted by Crippen LogP contribution is 2.42. The Hall–Kier alpha value is -2.28. The molecule has 0 aliphatic carbocycles. The number of aryl methyl sites for hydroxylation is 1. The molecule has 150 valence electrons. The van der Waals surface area contributed by atoms with E-state index in [1.54, 1.807) is 34.3 Å². The summed E-state index contributed by atoms with van der Waals surface area (Å²) in [6, 6.07) is 24.8. The lowest BCUT2D eigenvalue weighted by Crippen LogP contribution is -2.30. The van der Waals surface area contributed by atoms with E-state index in [9.17, 15) is 8.42 Å². The van der Waals surface area contributed by atoms with E-state index in [0.29, 0.717) is 18.0 Å². The van der Waals surface area contributed by atoms with Crippen LogP contribution >= 0.6 is 11.8 Å². The van der Waals surface area contributed by atoms with E-state index in [0.717, 1.165) is 28.2 Å². The molecule has 6 heteroatoms. The second-order valence-electron chi connectivity index (χ2n) is 7.00. The highest BCUT2D eigenvalue weighted by molar-refractivity contribution is 8.01. The third kappa shape index (κ3) is 4.50. The Morgan fingerprint density at radius 2 is 1.79 bits per heavy atom. The Bertz CT molecular complexity index is 1080. The zero-order chi connectivity index (χ0) is 20.3. The summed E-state index contributed by atoms with van der Waals surface area (Å²) in [7, 11) is -3.55. The van der Waals surface area contributed by atoms with Crippen molar-refractivity contribution in [1.82, 2.24) is 4.31 Å². The monoisotopic (exact) mass is 425 g/mol. The van der Waals surface area contributed by atoms with Crippen molar-refractivity contribution in [3.8, 4) is 5.75 Å². The van der Waals surface area contributed by atoms with E-state index in [-0.39, 0.29) is 5.37 Å². The predicted octanol–water partition coefficient (Wildman–Crippen LogP) is 5.01. The largest absolute Gasteiger partial charge is 0.489 e. The van der Waals surface area contributed by atoms with Crippen LogP contribution in [0.1, 0.15) is 22.1 Å². The molecule has 0 aromatic heterocycles. The Labute approximate surface area is 176 Å². The van der Waals surface area contributed by atoms with Gasteiger partial charge in [-0.3, -0.25) is 0 Å². The summed E-state index contributed by atoms with van der Waals surface area (Å²) in [5, 5.41) is -0.249. The minimum Gasteiger partial charge on any atom is -0.489 e. The molecule has 1 aliphatic rings. The Balaban J connectivity index is 1.56. The SMILES string of the molecule is Cc1cccc(S(=O)(=O)N2CCS[C@@H]2c2cccc(OCc3ccccc3)c2)c1. The van der Waals surface area contributed by atoms with Crippen LogP contribution in [0.5, 0.6) is 5.75 Å². The van der Waals surface area contributed by atoms with Crippen molar-refractivity contribution >= 4 is 21.8 Å². The first kappa shape index (κ1) is 20.0. The third-order valence-corrected chi connectivity index (χ3v) is 8.09. The van der Waals surface area contributed by atoms with Crippen molar-refractivity contribution < 1.29 is 13.2 Å². The summed E-state index contributed by atoms with van der Waals surface area (Å²) in [6.45, 7) is 2.89. The molecule has 3 aromatic rings. The van der Waals surface area contributed by atoms with Crippen molar-refractivity contribution in [2.24, 2.45) is 0 Å². The van der Waals surface area contributed by atoms with Crippen LogP contribution in [0, 0.1) is 6.92 Å². The number of nitrogens with zero attached hydrogens (tertiary/aromatic N) is 1. The summed E-state index contributed by atoms with van der Waals surface area (Å²) in [5.74, 6) is 1.51. The molecule has 4 nitrogen and oxygen atoms in total. The number of hydrogen-bond donors (Lipinski definition) is 0. The molecule has 1 heterocycles. The molecule has 0 bridgehead atoms. The van der Waals surface area contributed by atoms with Crippen LogP contribution in [0.3, 0.4) is 0 Å². The van der Waals surface area contributed by atoms with Gasteiger partial charge in [0.05, 0.1) is 10.3 Å². The lowest BCUT2D eigenvalue weighted by atomic mass is 10.2. The Kier molecular flexibility index (Phi) is 5.94. The van der Waals surface area contributed by atoms with Gasteiger partial charge in [-0.15, -0.1) is 11.8 Å². The Morgan fingerprint density at radius 3 is 2.59 bits per heavy atom. The summed E-state index contributed by atoms with van der Waals surface area (Å²) in [4.78, 5) is 0.349. The number of hydrogen-bond acceptors (Lipinski definition) is 4. The van der Waals surface area contributed by atoms with Crippen molar-refractivity contribution in [2.75, 3.05) is 12.3 Å². The maximum Gasteiger partial charge on any atom is 0.244 e. The molecule has 1 atom stereocenters. The van der Waals surface area contributed by atoms with Crippen molar-refractivity contribution in [3.63, 3.8) is 0 Å². The fourth-order valence-corrected chi connectivity index (χ4v) is 6.71. The van der Waals surface area contributed by atoms with Gasteiger partial charge in [0.2, 0.25) is 10.0 Å². The molecule has 1 saturated heterocycles. The molecule has 1 aliphatic heterocycles. The van der Waals surface area contributed by atoms with Crippen LogP contribution in [0.4, 0.5) is 0 Å². The van der Waals surface area contributed by atoms with E-state index >= 15 is 0 Å². The number of sulfonamides is 1. The molecular formula is C23H23NO3S2. The average molecular weight is 426 g/mol. The van der Waals surface area contributed by atoms with E-state index in [2.05, 4.69) is 0 Å². The molecule has 0 unspecified atom stereocenters. The molecule has 4 rings (SSSR count). The van der Waals surface area contributed by atoms with Gasteiger partial charge in [0.1, 0.15) is 12.4 Å². The number of rotatable bonds is 6. The lowest BCUT2D eigenvalue weighted by Gasteiger charge is -2.24. The fraction of sp³-hybridized carbons (Fsp3) is 0.217. The van der Waals surface area contributed by atoms with E-state index in [1.807, 2.05) is 67.6 Å². The van der Waals surface area contributed by atoms with Gasteiger partial charge in [-0.1, -0.05) is 54.6 Å². The lowest BCUT2D eigenvalue weighted by molar-refractivity contribution is 0.305. The first-order valence-electron chi connectivity index (χ1n) is 9.51. The molecule has 1 fully saturated rings. The molecule has 0 N–H and O–H groups in total. The van der Waals surface area contributed by atoms with Crippen molar-refractivity contribution in [2.45, 2.75) is 23.8 Å². The summed E-state index contributed by atoms with van der Waals surface area (Å²) in [5.41, 5.74) is 2.97. The molecule has 0 radical (unpaired) electrons. The summed E-state index contributed by atoms with van der Waals surface area (Å²) in [6.07, 6.45) is 0. The number of ether oxygens (including phenoxy) is 1. The summed E-state index contributed by atoms with van der Waals surface area (Å²) < 4.78 is 34.0. The van der Waals surface area contributed by atoms with Crippen LogP contribution < -0.4 is 4.74 Å². The summed E-state index contributed by atoms with van der Waals surface area (Å²) >= 11 is 1.64. The van der Waals surface area contributed by atoms with Gasteiger partial charge >= 0.3 is 0 Å². The van der Waals surface area contributed by atoms with Crippen LogP contribution in [0.15, 0.2) is 83.8 Å². The van der Waals surface area contributed by atoms with Gasteiger partial charge in [-0.25, -0.2) is 8.42 Å².